The molecule has 6 heteroatoms. The molecule has 0 bridgehead atoms. The maximum atomic E-state index is 12.8. The summed E-state index contributed by atoms with van der Waals surface area (Å²) in [5, 5.41) is 3.83. The van der Waals surface area contributed by atoms with Crippen LogP contribution in [-0.2, 0) is 13.0 Å². The van der Waals surface area contributed by atoms with Gasteiger partial charge in [-0.25, -0.2) is 9.97 Å². The monoisotopic (exact) mass is 367 g/mol. The molecule has 0 aliphatic heterocycles. The lowest BCUT2D eigenvalue weighted by Gasteiger charge is -2.03. The summed E-state index contributed by atoms with van der Waals surface area (Å²) in [6, 6.07) is 10.3. The van der Waals surface area contributed by atoms with Crippen molar-refractivity contribution in [3.05, 3.63) is 79.1 Å². The molecule has 0 saturated carbocycles. The number of thiazole rings is 1. The number of hydrogen-bond acceptors (Lipinski definition) is 5. The summed E-state index contributed by atoms with van der Waals surface area (Å²) >= 11 is 3.21. The predicted molar refractivity (Wildman–Crippen MR) is 104 cm³/mol. The zero-order valence-corrected chi connectivity index (χ0v) is 15.7. The van der Waals surface area contributed by atoms with E-state index in [2.05, 4.69) is 22.1 Å². The average molecular weight is 367 g/mol. The number of nitrogens with zero attached hydrogens (tertiary/aromatic N) is 3. The van der Waals surface area contributed by atoms with Crippen LogP contribution >= 0.6 is 22.7 Å². The van der Waals surface area contributed by atoms with Gasteiger partial charge in [0.1, 0.15) is 4.83 Å². The summed E-state index contributed by atoms with van der Waals surface area (Å²) in [5.41, 5.74) is 3.20. The summed E-state index contributed by atoms with van der Waals surface area (Å²) in [6.45, 7) is 4.48. The molecule has 0 N–H and O–H groups in total. The fourth-order valence-electron chi connectivity index (χ4n) is 2.83. The Balaban J connectivity index is 1.61. The lowest BCUT2D eigenvalue weighted by atomic mass is 10.2. The Kier molecular flexibility index (Phi) is 4.23. The molecule has 0 radical (unpaired) electrons. The highest BCUT2D eigenvalue weighted by Gasteiger charge is 2.13. The minimum absolute atomic E-state index is 0.0180. The number of benzene rings is 1. The molecule has 126 valence electrons. The van der Waals surface area contributed by atoms with Gasteiger partial charge in [-0.05, 0) is 25.0 Å². The van der Waals surface area contributed by atoms with Gasteiger partial charge < -0.3 is 0 Å². The minimum Gasteiger partial charge on any atom is -0.293 e. The first kappa shape index (κ1) is 16.2. The van der Waals surface area contributed by atoms with E-state index in [0.717, 1.165) is 37.8 Å². The van der Waals surface area contributed by atoms with E-state index in [1.54, 1.807) is 33.6 Å². The fraction of sp³-hybridized carbons (Fsp3) is 0.211. The summed E-state index contributed by atoms with van der Waals surface area (Å²) in [7, 11) is 0. The summed E-state index contributed by atoms with van der Waals surface area (Å²) in [6.07, 6.45) is 2.46. The quantitative estimate of drug-likeness (QED) is 0.544. The molecule has 1 aromatic carbocycles. The molecule has 3 heterocycles. The van der Waals surface area contributed by atoms with E-state index in [9.17, 15) is 4.79 Å². The molecule has 0 atom stereocenters. The van der Waals surface area contributed by atoms with E-state index in [-0.39, 0.29) is 5.56 Å². The lowest BCUT2D eigenvalue weighted by molar-refractivity contribution is 0.732. The van der Waals surface area contributed by atoms with Crippen LogP contribution in [-0.4, -0.2) is 14.5 Å². The Labute approximate surface area is 153 Å². The van der Waals surface area contributed by atoms with Crippen molar-refractivity contribution >= 4 is 32.9 Å². The second-order valence-electron chi connectivity index (χ2n) is 6.04. The van der Waals surface area contributed by atoms with Gasteiger partial charge in [0.15, 0.2) is 0 Å². The maximum Gasteiger partial charge on any atom is 0.262 e. The van der Waals surface area contributed by atoms with Gasteiger partial charge in [0.25, 0.3) is 5.56 Å². The van der Waals surface area contributed by atoms with Crippen LogP contribution in [0.5, 0.6) is 0 Å². The van der Waals surface area contributed by atoms with Gasteiger partial charge in [-0.2, -0.15) is 0 Å². The largest absolute Gasteiger partial charge is 0.293 e. The third-order valence-electron chi connectivity index (χ3n) is 4.29. The molecule has 4 nitrogen and oxygen atoms in total. The Morgan fingerprint density at radius 2 is 1.96 bits per heavy atom. The molecule has 0 aliphatic carbocycles. The van der Waals surface area contributed by atoms with E-state index in [1.165, 1.54) is 5.56 Å². The van der Waals surface area contributed by atoms with Gasteiger partial charge in [-0.15, -0.1) is 22.7 Å². The maximum absolute atomic E-state index is 12.8. The topological polar surface area (TPSA) is 47.8 Å². The third kappa shape index (κ3) is 3.15. The number of rotatable bonds is 4. The van der Waals surface area contributed by atoms with Crippen LogP contribution in [0.4, 0.5) is 0 Å². The van der Waals surface area contributed by atoms with Gasteiger partial charge in [0.05, 0.1) is 29.0 Å². The van der Waals surface area contributed by atoms with Crippen molar-refractivity contribution in [1.29, 1.82) is 0 Å². The van der Waals surface area contributed by atoms with E-state index in [0.29, 0.717) is 6.54 Å². The second kappa shape index (κ2) is 6.54. The number of aryl methyl sites for hydroxylation is 2. The van der Waals surface area contributed by atoms with Crippen LogP contribution in [0.25, 0.3) is 10.2 Å². The molecule has 0 fully saturated rings. The summed E-state index contributed by atoms with van der Waals surface area (Å²) < 4.78 is 1.66. The van der Waals surface area contributed by atoms with Crippen molar-refractivity contribution in [2.75, 3.05) is 0 Å². The molecule has 0 aliphatic rings. The van der Waals surface area contributed by atoms with Crippen LogP contribution in [0.15, 0.2) is 46.8 Å². The molecular weight excluding hydrogens is 350 g/mol. The van der Waals surface area contributed by atoms with Crippen LogP contribution in [0.2, 0.25) is 0 Å². The summed E-state index contributed by atoms with van der Waals surface area (Å²) in [5.74, 6) is 0. The first-order valence-corrected chi connectivity index (χ1v) is 9.74. The van der Waals surface area contributed by atoms with Gasteiger partial charge >= 0.3 is 0 Å². The molecule has 0 spiro atoms. The highest BCUT2D eigenvalue weighted by molar-refractivity contribution is 7.18. The summed E-state index contributed by atoms with van der Waals surface area (Å²) in [4.78, 5) is 23.9. The number of hydrogen-bond donors (Lipinski definition) is 0. The fourth-order valence-corrected chi connectivity index (χ4v) is 4.64. The SMILES string of the molecule is Cc1sc2ncn(Cc3csc(Cc4ccccc4)n3)c(=O)c2c1C. The molecule has 4 rings (SSSR count). The van der Waals surface area contributed by atoms with Crippen LogP contribution < -0.4 is 5.56 Å². The van der Waals surface area contributed by atoms with Crippen LogP contribution in [0, 0.1) is 13.8 Å². The Hall–Kier alpha value is -2.31. The molecule has 4 aromatic rings. The Bertz CT molecular complexity index is 1090. The molecule has 0 amide bonds. The highest BCUT2D eigenvalue weighted by atomic mass is 32.1. The Morgan fingerprint density at radius 1 is 1.16 bits per heavy atom. The van der Waals surface area contributed by atoms with Gasteiger partial charge in [0.2, 0.25) is 0 Å². The molecule has 3 aromatic heterocycles. The molecule has 0 saturated heterocycles. The van der Waals surface area contributed by atoms with Crippen LogP contribution in [0.1, 0.15) is 26.7 Å². The van der Waals surface area contributed by atoms with Gasteiger partial charge in [-0.1, -0.05) is 30.3 Å². The van der Waals surface area contributed by atoms with Gasteiger partial charge in [-0.3, -0.25) is 9.36 Å². The van der Waals surface area contributed by atoms with Crippen molar-refractivity contribution in [3.8, 4) is 0 Å². The second-order valence-corrected chi connectivity index (χ2v) is 8.18. The number of fused-ring (bicyclic) bond motifs is 1. The normalized spacial score (nSPS) is 11.3. The van der Waals surface area contributed by atoms with Crippen molar-refractivity contribution in [1.82, 2.24) is 14.5 Å². The lowest BCUT2D eigenvalue weighted by Crippen LogP contribution is -2.21. The average Bonchev–Trinajstić information content (AvgIpc) is 3.16. The van der Waals surface area contributed by atoms with Crippen molar-refractivity contribution in [2.45, 2.75) is 26.8 Å². The standard InChI is InChI=1S/C19H17N3OS2/c1-12-13(2)25-18-17(12)19(23)22(11-20-18)9-15-10-24-16(21-15)8-14-6-4-3-5-7-14/h3-7,10-11H,8-9H2,1-2H3. The van der Waals surface area contributed by atoms with E-state index in [4.69, 9.17) is 0 Å². The third-order valence-corrected chi connectivity index (χ3v) is 6.30. The predicted octanol–water partition coefficient (Wildman–Crippen LogP) is 4.17. The highest BCUT2D eigenvalue weighted by Crippen LogP contribution is 2.25. The number of aromatic nitrogens is 3. The van der Waals surface area contributed by atoms with Crippen molar-refractivity contribution in [3.63, 3.8) is 0 Å². The zero-order valence-electron chi connectivity index (χ0n) is 14.0. The first-order valence-electron chi connectivity index (χ1n) is 8.04. The van der Waals surface area contributed by atoms with Crippen LogP contribution in [0.3, 0.4) is 0 Å². The minimum atomic E-state index is 0.0180. The Morgan fingerprint density at radius 3 is 2.76 bits per heavy atom. The molecule has 0 unspecified atom stereocenters. The van der Waals surface area contributed by atoms with E-state index < -0.39 is 0 Å². The molecule has 25 heavy (non-hydrogen) atoms. The van der Waals surface area contributed by atoms with E-state index in [1.807, 2.05) is 37.4 Å². The zero-order chi connectivity index (χ0) is 17.4. The van der Waals surface area contributed by atoms with Crippen molar-refractivity contribution in [2.24, 2.45) is 0 Å². The van der Waals surface area contributed by atoms with Crippen molar-refractivity contribution < 1.29 is 0 Å². The number of thiophene rings is 1. The molecular formula is C19H17N3OS2. The first-order chi connectivity index (χ1) is 12.1. The van der Waals surface area contributed by atoms with E-state index >= 15 is 0 Å². The smallest absolute Gasteiger partial charge is 0.262 e. The van der Waals surface area contributed by atoms with Gasteiger partial charge in [0, 0.05) is 16.7 Å².